The largest absolute Gasteiger partial charge is 0.507 e. The third-order valence-corrected chi connectivity index (χ3v) is 5.06. The molecule has 1 aliphatic rings. The highest BCUT2D eigenvalue weighted by Gasteiger charge is 2.33. The fourth-order valence-electron chi connectivity index (χ4n) is 3.41. The van der Waals surface area contributed by atoms with E-state index in [0.717, 1.165) is 24.0 Å². The second-order valence-electron chi connectivity index (χ2n) is 5.74. The molecule has 0 aliphatic carbocycles. The van der Waals surface area contributed by atoms with Crippen molar-refractivity contribution in [1.29, 1.82) is 0 Å². The molecule has 2 nitrogen and oxygen atoms in total. The predicted octanol–water partition coefficient (Wildman–Crippen LogP) is 4.40. The number of alkyl halides is 1. The van der Waals surface area contributed by atoms with Crippen molar-refractivity contribution in [2.75, 3.05) is 18.5 Å². The van der Waals surface area contributed by atoms with Gasteiger partial charge in [0.1, 0.15) is 5.75 Å². The minimum atomic E-state index is 0.131. The van der Waals surface area contributed by atoms with E-state index in [0.29, 0.717) is 11.7 Å². The van der Waals surface area contributed by atoms with Gasteiger partial charge < -0.3 is 10.0 Å². The van der Waals surface area contributed by atoms with E-state index in [9.17, 15) is 5.11 Å². The molecule has 106 valence electrons. The number of hydrogen-bond acceptors (Lipinski definition) is 2. The van der Waals surface area contributed by atoms with E-state index >= 15 is 0 Å². The van der Waals surface area contributed by atoms with Gasteiger partial charge in [0.25, 0.3) is 0 Å². The van der Waals surface area contributed by atoms with Gasteiger partial charge >= 0.3 is 0 Å². The minimum Gasteiger partial charge on any atom is -0.507 e. The third-order valence-electron chi connectivity index (χ3n) is 4.45. The monoisotopic (exact) mass is 289 g/mol. The predicted molar refractivity (Wildman–Crippen MR) is 86.3 cm³/mol. The number of nitrogens with zero attached hydrogens (tertiary/aromatic N) is 1. The molecule has 1 heterocycles. The molecule has 3 heteroatoms. The molecule has 0 bridgehead atoms. The lowest BCUT2D eigenvalue weighted by molar-refractivity contribution is 0.481. The smallest absolute Gasteiger partial charge is 0.125 e. The molecule has 0 saturated heterocycles. The van der Waals surface area contributed by atoms with Crippen LogP contribution in [0, 0.1) is 6.92 Å². The van der Waals surface area contributed by atoms with E-state index in [2.05, 4.69) is 31.9 Å². The second kappa shape index (κ2) is 4.85. The summed E-state index contributed by atoms with van der Waals surface area (Å²) in [5.74, 6) is 0.684. The first-order valence-electron chi connectivity index (χ1n) is 7.15. The average Bonchev–Trinajstić information content (AvgIpc) is 2.76. The molecule has 2 aromatic carbocycles. The van der Waals surface area contributed by atoms with Gasteiger partial charge in [-0.05, 0) is 29.9 Å². The number of aromatic hydroxyl groups is 1. The quantitative estimate of drug-likeness (QED) is 0.828. The zero-order valence-electron chi connectivity index (χ0n) is 12.2. The van der Waals surface area contributed by atoms with E-state index in [1.807, 2.05) is 18.2 Å². The molecule has 0 saturated carbocycles. The molecule has 2 atom stereocenters. The third kappa shape index (κ3) is 1.86. The maximum Gasteiger partial charge on any atom is 0.125 e. The van der Waals surface area contributed by atoms with Crippen LogP contribution in [-0.4, -0.2) is 24.1 Å². The van der Waals surface area contributed by atoms with Crippen molar-refractivity contribution >= 4 is 28.1 Å². The number of aryl methyl sites for hydroxylation is 1. The Morgan fingerprint density at radius 2 is 2.20 bits per heavy atom. The van der Waals surface area contributed by atoms with Crippen molar-refractivity contribution in [3.8, 4) is 5.75 Å². The van der Waals surface area contributed by atoms with Crippen LogP contribution in [0.25, 0.3) is 10.8 Å². The van der Waals surface area contributed by atoms with Gasteiger partial charge in [0.15, 0.2) is 0 Å². The molecular weight excluding hydrogens is 270 g/mol. The average molecular weight is 290 g/mol. The lowest BCUT2D eigenvalue weighted by atomic mass is 9.89. The second-order valence-corrected chi connectivity index (χ2v) is 6.30. The Balaban J connectivity index is 2.35. The fourth-order valence-corrected chi connectivity index (χ4v) is 3.61. The van der Waals surface area contributed by atoms with Crippen molar-refractivity contribution in [2.45, 2.75) is 31.6 Å². The first kappa shape index (κ1) is 13.6. The summed E-state index contributed by atoms with van der Waals surface area (Å²) in [6.07, 6.45) is 0.952. The highest BCUT2D eigenvalue weighted by molar-refractivity contribution is 6.21. The fraction of sp³-hybridized carbons (Fsp3) is 0.412. The van der Waals surface area contributed by atoms with Gasteiger partial charge in [0, 0.05) is 42.0 Å². The van der Waals surface area contributed by atoms with Crippen molar-refractivity contribution < 1.29 is 5.11 Å². The molecule has 1 N–H and O–H groups in total. The van der Waals surface area contributed by atoms with Gasteiger partial charge in [-0.15, -0.1) is 11.6 Å². The Labute approximate surface area is 125 Å². The molecule has 2 unspecified atom stereocenters. The van der Waals surface area contributed by atoms with Crippen LogP contribution >= 0.6 is 11.6 Å². The Morgan fingerprint density at radius 3 is 2.90 bits per heavy atom. The van der Waals surface area contributed by atoms with Gasteiger partial charge in [0.2, 0.25) is 0 Å². The van der Waals surface area contributed by atoms with Crippen LogP contribution in [0.3, 0.4) is 0 Å². The van der Waals surface area contributed by atoms with Crippen LogP contribution in [0.2, 0.25) is 0 Å². The van der Waals surface area contributed by atoms with Crippen molar-refractivity contribution in [1.82, 2.24) is 0 Å². The van der Waals surface area contributed by atoms with Crippen LogP contribution in [0.15, 0.2) is 24.3 Å². The number of halogens is 1. The number of phenols is 1. The molecule has 20 heavy (non-hydrogen) atoms. The highest BCUT2D eigenvalue weighted by atomic mass is 35.5. The van der Waals surface area contributed by atoms with E-state index < -0.39 is 0 Å². The first-order chi connectivity index (χ1) is 9.54. The molecule has 3 rings (SSSR count). The summed E-state index contributed by atoms with van der Waals surface area (Å²) in [6, 6.07) is 7.97. The van der Waals surface area contributed by atoms with Crippen molar-refractivity contribution in [3.63, 3.8) is 0 Å². The summed E-state index contributed by atoms with van der Waals surface area (Å²) in [4.78, 5) is 2.20. The van der Waals surface area contributed by atoms with E-state index in [1.165, 1.54) is 16.5 Å². The van der Waals surface area contributed by atoms with Crippen LogP contribution in [0.4, 0.5) is 5.69 Å². The zero-order valence-corrected chi connectivity index (χ0v) is 12.9. The van der Waals surface area contributed by atoms with Crippen LogP contribution < -0.4 is 4.90 Å². The summed E-state index contributed by atoms with van der Waals surface area (Å²) >= 11 is 6.57. The van der Waals surface area contributed by atoms with E-state index in [-0.39, 0.29) is 5.38 Å². The first-order valence-corrected chi connectivity index (χ1v) is 7.58. The zero-order chi connectivity index (χ0) is 14.4. The van der Waals surface area contributed by atoms with Gasteiger partial charge in [0.05, 0.1) is 0 Å². The summed E-state index contributed by atoms with van der Waals surface area (Å²) < 4.78 is 0. The van der Waals surface area contributed by atoms with Gasteiger partial charge in [-0.25, -0.2) is 0 Å². The Morgan fingerprint density at radius 1 is 1.45 bits per heavy atom. The van der Waals surface area contributed by atoms with Gasteiger partial charge in [-0.2, -0.15) is 0 Å². The van der Waals surface area contributed by atoms with Gasteiger partial charge in [-0.3, -0.25) is 0 Å². The maximum absolute atomic E-state index is 10.3. The van der Waals surface area contributed by atoms with Crippen molar-refractivity contribution in [3.05, 3.63) is 35.4 Å². The standard InChI is InChI=1S/C17H20ClNO/c1-4-13(18)12-9-19(3)14-8-15(20)11-7-5-6-10(2)16(11)17(12)14/h5-8,12-13,20H,4,9H2,1-3H3. The molecule has 1 aliphatic heterocycles. The maximum atomic E-state index is 10.3. The summed E-state index contributed by atoms with van der Waals surface area (Å²) in [5, 5.41) is 12.5. The van der Waals surface area contributed by atoms with Crippen LogP contribution in [0.1, 0.15) is 30.4 Å². The number of likely N-dealkylation sites (N-methyl/N-ethyl adjacent to an activating group) is 1. The number of rotatable bonds is 2. The number of benzene rings is 2. The van der Waals surface area contributed by atoms with Crippen molar-refractivity contribution in [2.24, 2.45) is 0 Å². The molecule has 2 aromatic rings. The Bertz CT molecular complexity index is 668. The topological polar surface area (TPSA) is 23.5 Å². The molecule has 0 spiro atoms. The van der Waals surface area contributed by atoms with E-state index in [4.69, 9.17) is 11.6 Å². The number of fused-ring (bicyclic) bond motifs is 3. The van der Waals surface area contributed by atoms with Crippen LogP contribution in [0.5, 0.6) is 5.75 Å². The Hall–Kier alpha value is -1.41. The number of hydrogen-bond donors (Lipinski definition) is 1. The summed E-state index contributed by atoms with van der Waals surface area (Å²) in [5.41, 5.74) is 3.63. The lowest BCUT2D eigenvalue weighted by Crippen LogP contribution is -2.20. The Kier molecular flexibility index (Phi) is 3.29. The number of anilines is 1. The SMILES string of the molecule is CCC(Cl)C1CN(C)c2cc(O)c3cccc(C)c3c21. The normalized spacial score (nSPS) is 19.4. The minimum absolute atomic E-state index is 0.131. The number of phenolic OH excluding ortho intramolecular Hbond substituents is 1. The molecule has 0 radical (unpaired) electrons. The molecule has 0 aromatic heterocycles. The molecule has 0 amide bonds. The lowest BCUT2D eigenvalue weighted by Gasteiger charge is -2.18. The van der Waals surface area contributed by atoms with E-state index in [1.54, 1.807) is 0 Å². The summed E-state index contributed by atoms with van der Waals surface area (Å²) in [7, 11) is 2.07. The van der Waals surface area contributed by atoms with Crippen LogP contribution in [-0.2, 0) is 0 Å². The summed E-state index contributed by atoms with van der Waals surface area (Å²) in [6.45, 7) is 5.15. The molecule has 0 fully saturated rings. The highest BCUT2D eigenvalue weighted by Crippen LogP contribution is 2.47. The molecular formula is C17H20ClNO. The van der Waals surface area contributed by atoms with Gasteiger partial charge in [-0.1, -0.05) is 25.1 Å².